The second-order valence-corrected chi connectivity index (χ2v) is 7.26. The van der Waals surface area contributed by atoms with Gasteiger partial charge in [0, 0.05) is 37.2 Å². The molecule has 1 aromatic heterocycles. The molecule has 6 heteroatoms. The minimum Gasteiger partial charge on any atom is -0.396 e. The summed E-state index contributed by atoms with van der Waals surface area (Å²) >= 11 is 0. The first-order chi connectivity index (χ1) is 13.0. The quantitative estimate of drug-likeness (QED) is 0.753. The summed E-state index contributed by atoms with van der Waals surface area (Å²) in [6, 6.07) is 6.75. The van der Waals surface area contributed by atoms with Gasteiger partial charge in [-0.1, -0.05) is 31.0 Å². The minimum absolute atomic E-state index is 0.01000. The van der Waals surface area contributed by atoms with Crippen LogP contribution < -0.4 is 5.32 Å². The number of terminal acetylenes is 1. The third kappa shape index (κ3) is 3.69. The van der Waals surface area contributed by atoms with E-state index in [1.807, 2.05) is 42.0 Å². The van der Waals surface area contributed by atoms with Crippen molar-refractivity contribution in [3.05, 3.63) is 36.0 Å². The van der Waals surface area contributed by atoms with Gasteiger partial charge in [0.05, 0.1) is 6.54 Å². The molecule has 1 aliphatic heterocycles. The number of nitrogens with one attached hydrogen (secondary N) is 1. The Morgan fingerprint density at radius 1 is 1.33 bits per heavy atom. The molecule has 2 aromatic rings. The van der Waals surface area contributed by atoms with Gasteiger partial charge in [-0.3, -0.25) is 9.59 Å². The molecule has 1 aliphatic rings. The fourth-order valence-corrected chi connectivity index (χ4v) is 3.70. The fraction of sp³-hybridized carbons (Fsp3) is 0.429. The van der Waals surface area contributed by atoms with Gasteiger partial charge in [-0.15, -0.1) is 6.42 Å². The number of aliphatic hydroxyl groups excluding tert-OH is 1. The lowest BCUT2D eigenvalue weighted by atomic mass is 9.95. The lowest BCUT2D eigenvalue weighted by Crippen LogP contribution is -2.62. The largest absolute Gasteiger partial charge is 0.396 e. The van der Waals surface area contributed by atoms with Gasteiger partial charge in [0.2, 0.25) is 11.8 Å². The van der Waals surface area contributed by atoms with Crippen LogP contribution in [0, 0.1) is 18.3 Å². The maximum atomic E-state index is 12.8. The number of carbonyl (C=O) groups is 2. The molecule has 6 nitrogen and oxygen atoms in total. The van der Waals surface area contributed by atoms with Crippen molar-refractivity contribution in [1.82, 2.24) is 14.8 Å². The summed E-state index contributed by atoms with van der Waals surface area (Å²) in [4.78, 5) is 26.9. The number of amides is 2. The van der Waals surface area contributed by atoms with Crippen LogP contribution in [-0.2, 0) is 22.6 Å². The van der Waals surface area contributed by atoms with Gasteiger partial charge in [0.15, 0.2) is 0 Å². The van der Waals surface area contributed by atoms with Crippen LogP contribution in [-0.4, -0.2) is 52.1 Å². The van der Waals surface area contributed by atoms with Gasteiger partial charge < -0.3 is 19.9 Å². The molecule has 2 N–H and O–H groups in total. The third-order valence-corrected chi connectivity index (χ3v) is 5.23. The van der Waals surface area contributed by atoms with E-state index in [2.05, 4.69) is 11.2 Å². The van der Waals surface area contributed by atoms with Crippen molar-refractivity contribution in [1.29, 1.82) is 0 Å². The number of hydrogen-bond acceptors (Lipinski definition) is 3. The Hall–Kier alpha value is -2.78. The molecule has 0 saturated carbocycles. The number of fused-ring (bicyclic) bond motifs is 1. The summed E-state index contributed by atoms with van der Waals surface area (Å²) in [7, 11) is 1.66. The van der Waals surface area contributed by atoms with Crippen molar-refractivity contribution in [2.75, 3.05) is 13.7 Å². The molecule has 27 heavy (non-hydrogen) atoms. The standard InChI is InChI=1S/C21H25N3O3/c1-4-9-24-12-15(16-7-5-6-8-18(16)24)11-17-21(27)23(3)19(20(26)22-17)10-14(2)13-25/h1,5-8,12,14,17,19,25H,9-11,13H2,2-3H3,(H,22,26)/t14-,17+,19+/m1/s1. The van der Waals surface area contributed by atoms with Crippen molar-refractivity contribution in [3.63, 3.8) is 0 Å². The van der Waals surface area contributed by atoms with Crippen LogP contribution in [0.1, 0.15) is 18.9 Å². The van der Waals surface area contributed by atoms with Crippen LogP contribution in [0.2, 0.25) is 0 Å². The van der Waals surface area contributed by atoms with Gasteiger partial charge >= 0.3 is 0 Å². The van der Waals surface area contributed by atoms with E-state index in [1.54, 1.807) is 7.05 Å². The van der Waals surface area contributed by atoms with Crippen LogP contribution in [0.25, 0.3) is 10.9 Å². The number of carbonyl (C=O) groups excluding carboxylic acids is 2. The maximum Gasteiger partial charge on any atom is 0.245 e. The summed E-state index contributed by atoms with van der Waals surface area (Å²) in [6.45, 7) is 2.30. The topological polar surface area (TPSA) is 74.6 Å². The number of nitrogens with zero attached hydrogens (tertiary/aromatic N) is 2. The molecule has 2 amide bonds. The highest BCUT2D eigenvalue weighted by atomic mass is 16.3. The highest BCUT2D eigenvalue weighted by Gasteiger charge is 2.39. The van der Waals surface area contributed by atoms with Crippen LogP contribution >= 0.6 is 0 Å². The van der Waals surface area contributed by atoms with Gasteiger partial charge in [0.25, 0.3) is 0 Å². The van der Waals surface area contributed by atoms with Gasteiger partial charge in [-0.05, 0) is 24.0 Å². The normalized spacial score (nSPS) is 21.2. The maximum absolute atomic E-state index is 12.8. The molecule has 3 rings (SSSR count). The lowest BCUT2D eigenvalue weighted by molar-refractivity contribution is -0.148. The Labute approximate surface area is 159 Å². The molecule has 142 valence electrons. The van der Waals surface area contributed by atoms with E-state index in [0.29, 0.717) is 19.4 Å². The number of hydrogen-bond donors (Lipinski definition) is 2. The molecular weight excluding hydrogens is 342 g/mol. The molecule has 0 radical (unpaired) electrons. The van der Waals surface area contributed by atoms with Crippen molar-refractivity contribution in [2.24, 2.45) is 5.92 Å². The Bertz CT molecular complexity index is 896. The number of likely N-dealkylation sites (N-methyl/N-ethyl adjacent to an activating group) is 1. The van der Waals surface area contributed by atoms with Gasteiger partial charge in [-0.25, -0.2) is 0 Å². The van der Waals surface area contributed by atoms with Crippen LogP contribution in [0.3, 0.4) is 0 Å². The fourth-order valence-electron chi connectivity index (χ4n) is 3.70. The smallest absolute Gasteiger partial charge is 0.245 e. The summed E-state index contributed by atoms with van der Waals surface area (Å²) in [5.41, 5.74) is 2.00. The molecule has 2 heterocycles. The SMILES string of the molecule is C#CCn1cc(C[C@@H]2NC(=O)[C@H](C[C@@H](C)CO)N(C)C2=O)c2ccccc21. The number of rotatable bonds is 6. The molecule has 3 atom stereocenters. The molecule has 0 bridgehead atoms. The summed E-state index contributed by atoms with van der Waals surface area (Å²) < 4.78 is 1.98. The van der Waals surface area contributed by atoms with Crippen LogP contribution in [0.15, 0.2) is 30.5 Å². The van der Waals surface area contributed by atoms with E-state index >= 15 is 0 Å². The first-order valence-electron chi connectivity index (χ1n) is 9.14. The predicted molar refractivity (Wildman–Crippen MR) is 104 cm³/mol. The second kappa shape index (κ2) is 7.85. The second-order valence-electron chi connectivity index (χ2n) is 7.26. The first-order valence-corrected chi connectivity index (χ1v) is 9.14. The summed E-state index contributed by atoms with van der Waals surface area (Å²) in [5, 5.41) is 13.2. The van der Waals surface area contributed by atoms with Crippen molar-refractivity contribution in [2.45, 2.75) is 38.4 Å². The zero-order chi connectivity index (χ0) is 19.6. The Morgan fingerprint density at radius 2 is 2.07 bits per heavy atom. The third-order valence-electron chi connectivity index (χ3n) is 5.23. The van der Waals surface area contributed by atoms with E-state index in [1.165, 1.54) is 4.90 Å². The first kappa shape index (κ1) is 19.0. The highest BCUT2D eigenvalue weighted by Crippen LogP contribution is 2.24. The average molecular weight is 367 g/mol. The molecular formula is C21H25N3O3. The summed E-state index contributed by atoms with van der Waals surface area (Å²) in [5.74, 6) is 2.31. The minimum atomic E-state index is -0.603. The molecule has 1 fully saturated rings. The Balaban J connectivity index is 1.83. The van der Waals surface area contributed by atoms with E-state index in [0.717, 1.165) is 16.5 Å². The Kier molecular flexibility index (Phi) is 5.52. The molecule has 0 unspecified atom stereocenters. The number of aliphatic hydroxyl groups is 1. The van der Waals surface area contributed by atoms with E-state index in [4.69, 9.17) is 6.42 Å². The molecule has 1 saturated heterocycles. The summed E-state index contributed by atoms with van der Waals surface area (Å²) in [6.07, 6.45) is 8.28. The zero-order valence-electron chi connectivity index (χ0n) is 15.7. The zero-order valence-corrected chi connectivity index (χ0v) is 15.7. The van der Waals surface area contributed by atoms with E-state index in [-0.39, 0.29) is 24.3 Å². The highest BCUT2D eigenvalue weighted by molar-refractivity contribution is 5.97. The van der Waals surface area contributed by atoms with Crippen molar-refractivity contribution in [3.8, 4) is 12.3 Å². The Morgan fingerprint density at radius 3 is 2.78 bits per heavy atom. The number of para-hydroxylation sites is 1. The van der Waals surface area contributed by atoms with Crippen molar-refractivity contribution < 1.29 is 14.7 Å². The van der Waals surface area contributed by atoms with Crippen molar-refractivity contribution >= 4 is 22.7 Å². The monoisotopic (exact) mass is 367 g/mol. The van der Waals surface area contributed by atoms with E-state index in [9.17, 15) is 14.7 Å². The average Bonchev–Trinajstić information content (AvgIpc) is 3.01. The van der Waals surface area contributed by atoms with E-state index < -0.39 is 12.1 Å². The number of benzene rings is 1. The number of piperazine rings is 1. The molecule has 0 spiro atoms. The van der Waals surface area contributed by atoms with Gasteiger partial charge in [-0.2, -0.15) is 0 Å². The predicted octanol–water partition coefficient (Wildman–Crippen LogP) is 1.16. The molecule has 0 aliphatic carbocycles. The van der Waals surface area contributed by atoms with Crippen LogP contribution in [0.5, 0.6) is 0 Å². The number of aromatic nitrogens is 1. The lowest BCUT2D eigenvalue weighted by Gasteiger charge is -2.37. The molecule has 1 aromatic carbocycles. The van der Waals surface area contributed by atoms with Gasteiger partial charge in [0.1, 0.15) is 12.1 Å². The van der Waals surface area contributed by atoms with Crippen LogP contribution in [0.4, 0.5) is 0 Å².